The highest BCUT2D eigenvalue weighted by atomic mass is 19.4. The predicted octanol–water partition coefficient (Wildman–Crippen LogP) is 4.00. The fraction of sp³-hybridized carbons (Fsp3) is 0.500. The molecule has 29 heavy (non-hydrogen) atoms. The zero-order valence-corrected chi connectivity index (χ0v) is 16.9. The van der Waals surface area contributed by atoms with Crippen LogP contribution in [0.2, 0.25) is 0 Å². The Morgan fingerprint density at radius 2 is 1.83 bits per heavy atom. The van der Waals surface area contributed by atoms with Gasteiger partial charge in [-0.15, -0.1) is 0 Å². The number of hydrogen-bond acceptors (Lipinski definition) is 4. The van der Waals surface area contributed by atoms with Crippen LogP contribution < -0.4 is 15.4 Å². The van der Waals surface area contributed by atoms with Gasteiger partial charge < -0.3 is 19.9 Å². The second kappa shape index (κ2) is 10.7. The number of benzene rings is 1. The molecule has 0 unspecified atom stereocenters. The van der Waals surface area contributed by atoms with Crippen molar-refractivity contribution in [3.05, 3.63) is 46.8 Å². The molecule has 0 aliphatic rings. The summed E-state index contributed by atoms with van der Waals surface area (Å²) in [6.07, 6.45) is -2.80. The zero-order chi connectivity index (χ0) is 21.3. The molecule has 6 nitrogen and oxygen atoms in total. The molecule has 2 rings (SSSR count). The first-order valence-corrected chi connectivity index (χ1v) is 9.63. The molecule has 0 radical (unpaired) electrons. The third-order valence-corrected chi connectivity index (χ3v) is 4.13. The molecular weight excluding hydrogens is 385 g/mol. The number of halogens is 3. The highest BCUT2D eigenvalue weighted by Crippen LogP contribution is 2.19. The van der Waals surface area contributed by atoms with E-state index in [4.69, 9.17) is 9.26 Å². The molecule has 0 saturated heterocycles. The number of nitrogens with zero attached hydrogens (tertiary/aromatic N) is 2. The minimum Gasteiger partial charge on any atom is -0.484 e. The number of rotatable bonds is 9. The summed E-state index contributed by atoms with van der Waals surface area (Å²) >= 11 is 0. The summed E-state index contributed by atoms with van der Waals surface area (Å²) < 4.78 is 46.7. The summed E-state index contributed by atoms with van der Waals surface area (Å²) in [6, 6.07) is 6.41. The van der Waals surface area contributed by atoms with E-state index in [-0.39, 0.29) is 5.75 Å². The maximum Gasteiger partial charge on any atom is 0.422 e. The third-order valence-electron chi connectivity index (χ3n) is 4.13. The summed E-state index contributed by atoms with van der Waals surface area (Å²) in [5.74, 6) is 1.67. The van der Waals surface area contributed by atoms with Crippen LogP contribution in [-0.4, -0.2) is 30.4 Å². The Kier molecular flexibility index (Phi) is 8.35. The van der Waals surface area contributed by atoms with Crippen LogP contribution in [0.15, 0.2) is 33.8 Å². The van der Waals surface area contributed by atoms with Crippen molar-refractivity contribution < 1.29 is 22.4 Å². The SMILES string of the molecule is CCNC(=NCc1ccc(OCC(F)(F)F)cc1)NCc1c(CC)noc1CC. The summed E-state index contributed by atoms with van der Waals surface area (Å²) in [6.45, 7) is 6.33. The van der Waals surface area contributed by atoms with Gasteiger partial charge >= 0.3 is 6.18 Å². The van der Waals surface area contributed by atoms with Gasteiger partial charge in [-0.1, -0.05) is 31.1 Å². The Labute approximate surface area is 168 Å². The van der Waals surface area contributed by atoms with E-state index < -0.39 is 12.8 Å². The van der Waals surface area contributed by atoms with Gasteiger partial charge in [0.25, 0.3) is 0 Å². The van der Waals surface area contributed by atoms with Gasteiger partial charge in [-0.2, -0.15) is 13.2 Å². The van der Waals surface area contributed by atoms with Gasteiger partial charge in [0, 0.05) is 25.1 Å². The second-order valence-electron chi connectivity index (χ2n) is 6.33. The normalized spacial score (nSPS) is 12.1. The van der Waals surface area contributed by atoms with Gasteiger partial charge in [-0.05, 0) is 31.0 Å². The van der Waals surface area contributed by atoms with Gasteiger partial charge in [-0.25, -0.2) is 4.99 Å². The van der Waals surface area contributed by atoms with E-state index in [9.17, 15) is 13.2 Å². The predicted molar refractivity (Wildman–Crippen MR) is 105 cm³/mol. The second-order valence-corrected chi connectivity index (χ2v) is 6.33. The third kappa shape index (κ3) is 7.32. The largest absolute Gasteiger partial charge is 0.484 e. The van der Waals surface area contributed by atoms with E-state index in [0.29, 0.717) is 25.6 Å². The molecule has 0 aliphatic heterocycles. The first-order chi connectivity index (χ1) is 13.9. The highest BCUT2D eigenvalue weighted by molar-refractivity contribution is 5.79. The molecule has 1 aromatic heterocycles. The Morgan fingerprint density at radius 3 is 2.41 bits per heavy atom. The lowest BCUT2D eigenvalue weighted by Crippen LogP contribution is -2.37. The molecule has 1 heterocycles. The zero-order valence-electron chi connectivity index (χ0n) is 16.9. The lowest BCUT2D eigenvalue weighted by atomic mass is 10.1. The van der Waals surface area contributed by atoms with E-state index in [1.807, 2.05) is 20.8 Å². The minimum absolute atomic E-state index is 0.173. The minimum atomic E-state index is -4.35. The van der Waals surface area contributed by atoms with Crippen LogP contribution in [0.1, 0.15) is 43.4 Å². The number of aryl methyl sites for hydroxylation is 2. The number of alkyl halides is 3. The molecular formula is C20H27F3N4O2. The lowest BCUT2D eigenvalue weighted by Gasteiger charge is -2.12. The number of aliphatic imine (C=N–C) groups is 1. The summed E-state index contributed by atoms with van der Waals surface area (Å²) in [5.41, 5.74) is 2.83. The average molecular weight is 412 g/mol. The fourth-order valence-electron chi connectivity index (χ4n) is 2.68. The Morgan fingerprint density at radius 1 is 1.10 bits per heavy atom. The van der Waals surface area contributed by atoms with Crippen LogP contribution in [-0.2, 0) is 25.9 Å². The van der Waals surface area contributed by atoms with Gasteiger partial charge in [0.05, 0.1) is 12.2 Å². The van der Waals surface area contributed by atoms with E-state index in [2.05, 4.69) is 20.8 Å². The standard InChI is InChI=1S/C20H27F3N4O2/c1-4-17-16(18(5-2)29-27-17)12-26-19(24-6-3)25-11-14-7-9-15(10-8-14)28-13-20(21,22)23/h7-10H,4-6,11-13H2,1-3H3,(H2,24,25,26). The van der Waals surface area contributed by atoms with Crippen LogP contribution in [0.25, 0.3) is 0 Å². The van der Waals surface area contributed by atoms with Crippen molar-refractivity contribution >= 4 is 5.96 Å². The average Bonchev–Trinajstić information content (AvgIpc) is 3.10. The molecule has 9 heteroatoms. The van der Waals surface area contributed by atoms with Crippen molar-refractivity contribution in [2.24, 2.45) is 4.99 Å². The Bertz CT molecular complexity index is 765. The van der Waals surface area contributed by atoms with Crippen LogP contribution in [0, 0.1) is 0 Å². The first kappa shape index (κ1) is 22.6. The maximum atomic E-state index is 12.2. The smallest absolute Gasteiger partial charge is 0.422 e. The molecule has 0 aliphatic carbocycles. The van der Waals surface area contributed by atoms with Crippen molar-refractivity contribution in [1.29, 1.82) is 0 Å². The number of hydrogen-bond donors (Lipinski definition) is 2. The van der Waals surface area contributed by atoms with E-state index in [1.54, 1.807) is 12.1 Å². The number of aromatic nitrogens is 1. The molecule has 0 atom stereocenters. The van der Waals surface area contributed by atoms with E-state index >= 15 is 0 Å². The monoisotopic (exact) mass is 412 g/mol. The van der Waals surface area contributed by atoms with Gasteiger partial charge in [0.1, 0.15) is 11.5 Å². The summed E-state index contributed by atoms with van der Waals surface area (Å²) in [7, 11) is 0. The van der Waals surface area contributed by atoms with Crippen LogP contribution in [0.4, 0.5) is 13.2 Å². The quantitative estimate of drug-likeness (QED) is 0.481. The Hall–Kier alpha value is -2.71. The van der Waals surface area contributed by atoms with Crippen LogP contribution in [0.5, 0.6) is 5.75 Å². The Balaban J connectivity index is 1.97. The summed E-state index contributed by atoms with van der Waals surface area (Å²) in [5, 5.41) is 10.6. The molecule has 0 bridgehead atoms. The first-order valence-electron chi connectivity index (χ1n) is 9.63. The molecule has 0 spiro atoms. The van der Waals surface area contributed by atoms with E-state index in [0.717, 1.165) is 35.4 Å². The maximum absolute atomic E-state index is 12.2. The molecule has 2 aromatic rings. The lowest BCUT2D eigenvalue weighted by molar-refractivity contribution is -0.153. The van der Waals surface area contributed by atoms with Gasteiger partial charge in [0.2, 0.25) is 0 Å². The molecule has 0 fully saturated rings. The van der Waals surface area contributed by atoms with E-state index in [1.165, 1.54) is 12.1 Å². The number of guanidine groups is 1. The fourth-order valence-corrected chi connectivity index (χ4v) is 2.68. The summed E-state index contributed by atoms with van der Waals surface area (Å²) in [4.78, 5) is 4.53. The number of nitrogens with one attached hydrogen (secondary N) is 2. The molecule has 0 saturated carbocycles. The van der Waals surface area contributed by atoms with Gasteiger partial charge in [0.15, 0.2) is 12.6 Å². The van der Waals surface area contributed by atoms with Crippen molar-refractivity contribution in [2.45, 2.75) is 52.9 Å². The molecule has 160 valence electrons. The van der Waals surface area contributed by atoms with Crippen molar-refractivity contribution in [3.8, 4) is 5.75 Å². The molecule has 2 N–H and O–H groups in total. The van der Waals surface area contributed by atoms with Crippen LogP contribution in [0.3, 0.4) is 0 Å². The van der Waals surface area contributed by atoms with Gasteiger partial charge in [-0.3, -0.25) is 0 Å². The van der Waals surface area contributed by atoms with Crippen molar-refractivity contribution in [2.75, 3.05) is 13.2 Å². The molecule has 0 amide bonds. The highest BCUT2D eigenvalue weighted by Gasteiger charge is 2.28. The molecule has 1 aromatic carbocycles. The van der Waals surface area contributed by atoms with Crippen molar-refractivity contribution in [3.63, 3.8) is 0 Å². The topological polar surface area (TPSA) is 71.7 Å². The van der Waals surface area contributed by atoms with Crippen molar-refractivity contribution in [1.82, 2.24) is 15.8 Å². The van der Waals surface area contributed by atoms with Crippen LogP contribution >= 0.6 is 0 Å². The number of ether oxygens (including phenoxy) is 1.